The van der Waals surface area contributed by atoms with Crippen molar-refractivity contribution >= 4 is 11.9 Å². The van der Waals surface area contributed by atoms with Crippen molar-refractivity contribution in [2.45, 2.75) is 251 Å². The number of allylic oxidation sites excluding steroid dienone is 11. The first-order chi connectivity index (χ1) is 29.5. The van der Waals surface area contributed by atoms with Crippen molar-refractivity contribution in [3.05, 3.63) is 72.9 Å². The van der Waals surface area contributed by atoms with Gasteiger partial charge in [-0.25, -0.2) is 0 Å². The molecule has 6 nitrogen and oxygen atoms in total. The van der Waals surface area contributed by atoms with Crippen LogP contribution in [-0.2, 0) is 14.3 Å². The molecule has 60 heavy (non-hydrogen) atoms. The third-order valence-corrected chi connectivity index (χ3v) is 11.0. The third kappa shape index (κ3) is 42.0. The van der Waals surface area contributed by atoms with Crippen molar-refractivity contribution in [2.24, 2.45) is 0 Å². The molecule has 0 aromatic heterocycles. The Labute approximate surface area is 371 Å². The minimum absolute atomic E-state index is 0.0478. The van der Waals surface area contributed by atoms with Crippen molar-refractivity contribution < 1.29 is 24.5 Å². The van der Waals surface area contributed by atoms with Gasteiger partial charge in [0.1, 0.15) is 6.10 Å². The fourth-order valence-electron chi connectivity index (χ4n) is 7.25. The summed E-state index contributed by atoms with van der Waals surface area (Å²) in [5, 5.41) is 23.7. The van der Waals surface area contributed by atoms with Gasteiger partial charge in [0.25, 0.3) is 0 Å². The van der Waals surface area contributed by atoms with E-state index >= 15 is 0 Å². The van der Waals surface area contributed by atoms with Crippen LogP contribution in [0.1, 0.15) is 233 Å². The van der Waals surface area contributed by atoms with Crippen LogP contribution < -0.4 is 5.32 Å². The average molecular weight is 838 g/mol. The molecule has 0 aromatic rings. The number of aliphatic hydroxyl groups is 2. The number of esters is 1. The topological polar surface area (TPSA) is 95.9 Å². The molecule has 0 fully saturated rings. The van der Waals surface area contributed by atoms with Gasteiger partial charge in [-0.05, 0) is 57.4 Å². The summed E-state index contributed by atoms with van der Waals surface area (Å²) in [5.74, 6) is -0.632. The van der Waals surface area contributed by atoms with Crippen molar-refractivity contribution in [1.82, 2.24) is 5.32 Å². The van der Waals surface area contributed by atoms with Crippen LogP contribution in [0.4, 0.5) is 0 Å². The normalized spacial score (nSPS) is 13.9. The molecule has 1 amide bonds. The second-order valence-corrected chi connectivity index (χ2v) is 16.8. The zero-order valence-electron chi connectivity index (χ0n) is 39.3. The fourth-order valence-corrected chi connectivity index (χ4v) is 7.25. The zero-order valence-corrected chi connectivity index (χ0v) is 39.3. The molecule has 0 spiro atoms. The van der Waals surface area contributed by atoms with E-state index in [1.807, 2.05) is 6.08 Å². The molecular weight excluding hydrogens is 743 g/mol. The van der Waals surface area contributed by atoms with Gasteiger partial charge >= 0.3 is 5.97 Å². The van der Waals surface area contributed by atoms with Crippen molar-refractivity contribution in [3.8, 4) is 0 Å². The Bertz CT molecular complexity index is 1120. The van der Waals surface area contributed by atoms with Gasteiger partial charge in [-0.3, -0.25) is 9.59 Å². The number of rotatable bonds is 44. The van der Waals surface area contributed by atoms with Crippen LogP contribution in [0.25, 0.3) is 0 Å². The lowest BCUT2D eigenvalue weighted by Gasteiger charge is -2.23. The molecule has 3 unspecified atom stereocenters. The van der Waals surface area contributed by atoms with Gasteiger partial charge in [-0.2, -0.15) is 0 Å². The fraction of sp³-hybridized carbons (Fsp3) is 0.741. The average Bonchev–Trinajstić information content (AvgIpc) is 3.24. The van der Waals surface area contributed by atoms with Gasteiger partial charge in [0.15, 0.2) is 0 Å². The summed E-state index contributed by atoms with van der Waals surface area (Å²) in [7, 11) is 0. The van der Waals surface area contributed by atoms with Gasteiger partial charge in [-0.1, -0.05) is 235 Å². The van der Waals surface area contributed by atoms with Gasteiger partial charge in [0.05, 0.1) is 25.2 Å². The third-order valence-electron chi connectivity index (χ3n) is 11.0. The molecule has 0 aromatic carbocycles. The number of aliphatic hydroxyl groups excluding tert-OH is 2. The maximum absolute atomic E-state index is 13.1. The standard InChI is InChI=1S/C54H95NO5/c1-4-7-10-13-16-19-21-23-25-26-28-29-31-34-36-39-42-45-50(60-54(59)47-44-41-38-33-18-15-12-9-6-3)48-53(58)55-51(49-56)52(57)46-43-40-37-35-32-30-27-24-22-20-17-14-11-8-5-2/h7,10,16,19,23,25,28-29,34,36,42,45,50-52,56-57H,4-6,8-9,11-15,17-18,20-22,24,26-27,30-33,35,37-41,43-44,46-49H2,1-3H3,(H,55,58)/b10-7-,19-16-,25-23-,29-28-,36-34-,45-42-. The first-order valence-electron chi connectivity index (χ1n) is 25.2. The summed E-state index contributed by atoms with van der Waals surface area (Å²) in [6.07, 6.45) is 59.9. The highest BCUT2D eigenvalue weighted by Gasteiger charge is 2.23. The maximum atomic E-state index is 13.1. The first-order valence-corrected chi connectivity index (χ1v) is 25.2. The highest BCUT2D eigenvalue weighted by molar-refractivity contribution is 5.78. The molecule has 346 valence electrons. The van der Waals surface area contributed by atoms with E-state index in [2.05, 4.69) is 86.8 Å². The molecule has 0 bridgehead atoms. The summed E-state index contributed by atoms with van der Waals surface area (Å²) >= 11 is 0. The number of hydrogen-bond donors (Lipinski definition) is 3. The Kier molecular flexibility index (Phi) is 45.2. The van der Waals surface area contributed by atoms with Crippen molar-refractivity contribution in [2.75, 3.05) is 6.61 Å². The van der Waals surface area contributed by atoms with E-state index in [1.54, 1.807) is 6.08 Å². The summed E-state index contributed by atoms with van der Waals surface area (Å²) < 4.78 is 5.80. The highest BCUT2D eigenvalue weighted by Crippen LogP contribution is 2.16. The molecule has 6 heteroatoms. The van der Waals surface area contributed by atoms with Gasteiger partial charge < -0.3 is 20.3 Å². The molecule has 0 aliphatic heterocycles. The first kappa shape index (κ1) is 57.3. The van der Waals surface area contributed by atoms with Gasteiger partial charge in [-0.15, -0.1) is 0 Å². The lowest BCUT2D eigenvalue weighted by atomic mass is 10.0. The Balaban J connectivity index is 4.70. The Morgan fingerprint density at radius 1 is 0.500 bits per heavy atom. The van der Waals surface area contributed by atoms with Gasteiger partial charge in [0.2, 0.25) is 5.91 Å². The van der Waals surface area contributed by atoms with Crippen LogP contribution in [0.5, 0.6) is 0 Å². The van der Waals surface area contributed by atoms with Crippen LogP contribution in [-0.4, -0.2) is 46.9 Å². The summed E-state index contributed by atoms with van der Waals surface area (Å²) in [6, 6.07) is -0.743. The lowest BCUT2D eigenvalue weighted by Crippen LogP contribution is -2.46. The molecule has 0 aliphatic carbocycles. The van der Waals surface area contributed by atoms with E-state index in [9.17, 15) is 19.8 Å². The number of nitrogens with one attached hydrogen (secondary N) is 1. The minimum Gasteiger partial charge on any atom is -0.458 e. The summed E-state index contributed by atoms with van der Waals surface area (Å²) in [4.78, 5) is 26.0. The number of ether oxygens (including phenoxy) is 1. The second-order valence-electron chi connectivity index (χ2n) is 16.8. The monoisotopic (exact) mass is 838 g/mol. The number of carbonyl (C=O) groups is 2. The Hall–Kier alpha value is -2.70. The summed E-state index contributed by atoms with van der Waals surface area (Å²) in [5.41, 5.74) is 0. The predicted octanol–water partition coefficient (Wildman–Crippen LogP) is 15.0. The SMILES string of the molecule is CC/C=C\C/C=C\C/C=C\C/C=C\C/C=C\C/C=C\C(CC(=O)NC(CO)C(O)CCCCCCCCCCCCCCCCC)OC(=O)CCCCCCCCCCC. The molecule has 0 aliphatic rings. The predicted molar refractivity (Wildman–Crippen MR) is 259 cm³/mol. The van der Waals surface area contributed by atoms with Crippen molar-refractivity contribution in [3.63, 3.8) is 0 Å². The van der Waals surface area contributed by atoms with E-state index in [4.69, 9.17) is 4.74 Å². The summed E-state index contributed by atoms with van der Waals surface area (Å²) in [6.45, 7) is 6.31. The Morgan fingerprint density at radius 3 is 1.27 bits per heavy atom. The van der Waals surface area contributed by atoms with E-state index in [1.165, 1.54) is 116 Å². The molecule has 0 saturated heterocycles. The molecule has 3 N–H and O–H groups in total. The van der Waals surface area contributed by atoms with E-state index in [-0.39, 0.29) is 24.9 Å². The van der Waals surface area contributed by atoms with E-state index in [0.717, 1.165) is 70.6 Å². The van der Waals surface area contributed by atoms with Crippen LogP contribution in [0.2, 0.25) is 0 Å². The van der Waals surface area contributed by atoms with E-state index < -0.39 is 18.2 Å². The molecular formula is C54H95NO5. The number of hydrogen-bond acceptors (Lipinski definition) is 5. The van der Waals surface area contributed by atoms with Crippen LogP contribution in [0.15, 0.2) is 72.9 Å². The smallest absolute Gasteiger partial charge is 0.306 e. The number of unbranched alkanes of at least 4 members (excludes halogenated alkanes) is 22. The lowest BCUT2D eigenvalue weighted by molar-refractivity contribution is -0.148. The minimum atomic E-state index is -0.820. The van der Waals surface area contributed by atoms with Crippen LogP contribution >= 0.6 is 0 Å². The van der Waals surface area contributed by atoms with Gasteiger partial charge in [0, 0.05) is 6.42 Å². The number of carbonyl (C=O) groups excluding carboxylic acids is 2. The number of amides is 1. The Morgan fingerprint density at radius 2 is 0.867 bits per heavy atom. The molecule has 0 saturated carbocycles. The molecule has 0 rings (SSSR count). The highest BCUT2D eigenvalue weighted by atomic mass is 16.5. The van der Waals surface area contributed by atoms with Crippen LogP contribution in [0.3, 0.4) is 0 Å². The van der Waals surface area contributed by atoms with Crippen molar-refractivity contribution in [1.29, 1.82) is 0 Å². The zero-order chi connectivity index (χ0) is 43.8. The molecule has 3 atom stereocenters. The quantitative estimate of drug-likeness (QED) is 0.0323. The molecule has 0 radical (unpaired) electrons. The molecule has 0 heterocycles. The largest absolute Gasteiger partial charge is 0.458 e. The second kappa shape index (κ2) is 47.4. The van der Waals surface area contributed by atoms with E-state index in [0.29, 0.717) is 19.3 Å². The maximum Gasteiger partial charge on any atom is 0.306 e. The van der Waals surface area contributed by atoms with Crippen LogP contribution in [0, 0.1) is 0 Å².